The number of carbonyl (C=O) groups is 1. The second-order valence-corrected chi connectivity index (χ2v) is 8.68. The molecule has 0 saturated heterocycles. The van der Waals surface area contributed by atoms with Gasteiger partial charge in [-0.1, -0.05) is 6.92 Å². The third kappa shape index (κ3) is 3.52. The van der Waals surface area contributed by atoms with Crippen molar-refractivity contribution in [1.82, 2.24) is 30.1 Å². The number of thiophene rings is 1. The molecule has 6 heterocycles. The summed E-state index contributed by atoms with van der Waals surface area (Å²) < 4.78 is 0. The van der Waals surface area contributed by atoms with Crippen LogP contribution in [0.25, 0.3) is 55.6 Å². The smallest absolute Gasteiger partial charge is 0.224 e. The number of nitrogens with one attached hydrogen (secondary N) is 3. The van der Waals surface area contributed by atoms with E-state index in [-0.39, 0.29) is 5.91 Å². The van der Waals surface area contributed by atoms with E-state index in [4.69, 9.17) is 0 Å². The fourth-order valence-corrected chi connectivity index (χ4v) is 4.66. The molecule has 0 atom stereocenters. The maximum absolute atomic E-state index is 11.8. The van der Waals surface area contributed by atoms with Gasteiger partial charge in [0, 0.05) is 52.5 Å². The number of amides is 1. The Morgan fingerprint density at radius 1 is 1.00 bits per heavy atom. The summed E-state index contributed by atoms with van der Waals surface area (Å²) >= 11 is 1.66. The number of aromatic nitrogens is 6. The third-order valence-electron chi connectivity index (χ3n) is 5.73. The normalized spacial score (nSPS) is 11.3. The Balaban J connectivity index is 1.43. The molecule has 0 unspecified atom stereocenters. The van der Waals surface area contributed by atoms with E-state index in [1.54, 1.807) is 29.9 Å². The molecule has 0 bridgehead atoms. The first kappa shape index (κ1) is 20.3. The van der Waals surface area contributed by atoms with E-state index < -0.39 is 0 Å². The average Bonchev–Trinajstić information content (AvgIpc) is 3.62. The summed E-state index contributed by atoms with van der Waals surface area (Å²) in [5.74, 6) is -0.0558. The maximum atomic E-state index is 11.8. The average molecular weight is 466 g/mol. The fourth-order valence-electron chi connectivity index (χ4n) is 4.01. The molecule has 0 spiro atoms. The van der Waals surface area contributed by atoms with Crippen molar-refractivity contribution in [2.24, 2.45) is 0 Å². The molecule has 0 saturated carbocycles. The number of nitrogens with zero attached hydrogens (tertiary/aromatic N) is 4. The predicted molar refractivity (Wildman–Crippen MR) is 134 cm³/mol. The number of anilines is 1. The first-order chi connectivity index (χ1) is 16.7. The van der Waals surface area contributed by atoms with Crippen molar-refractivity contribution >= 4 is 44.9 Å². The van der Waals surface area contributed by atoms with Gasteiger partial charge in [-0.25, -0.2) is 4.98 Å². The van der Waals surface area contributed by atoms with Crippen molar-refractivity contribution in [1.29, 1.82) is 0 Å². The second-order valence-electron chi connectivity index (χ2n) is 7.90. The van der Waals surface area contributed by atoms with E-state index in [9.17, 15) is 4.79 Å². The molecule has 0 fully saturated rings. The Labute approximate surface area is 198 Å². The Kier molecular flexibility index (Phi) is 4.88. The van der Waals surface area contributed by atoms with Gasteiger partial charge >= 0.3 is 0 Å². The Morgan fingerprint density at radius 2 is 1.88 bits per heavy atom. The minimum atomic E-state index is -0.0558. The minimum absolute atomic E-state index is 0.0558. The van der Waals surface area contributed by atoms with Crippen LogP contribution in [-0.2, 0) is 4.79 Å². The van der Waals surface area contributed by atoms with Gasteiger partial charge in [-0.05, 0) is 40.6 Å². The highest BCUT2D eigenvalue weighted by molar-refractivity contribution is 7.08. The lowest BCUT2D eigenvalue weighted by Crippen LogP contribution is -2.09. The molecule has 0 aliphatic carbocycles. The number of carbonyl (C=O) groups excluding carboxylic acids is 1. The van der Waals surface area contributed by atoms with Crippen LogP contribution in [0.1, 0.15) is 13.3 Å². The van der Waals surface area contributed by atoms with Crippen LogP contribution in [0.15, 0.2) is 66.0 Å². The number of aromatic amines is 2. The monoisotopic (exact) mass is 465 g/mol. The zero-order chi connectivity index (χ0) is 23.1. The lowest BCUT2D eigenvalue weighted by atomic mass is 10.1. The van der Waals surface area contributed by atoms with Crippen molar-refractivity contribution < 1.29 is 4.79 Å². The summed E-state index contributed by atoms with van der Waals surface area (Å²) in [4.78, 5) is 28.5. The van der Waals surface area contributed by atoms with E-state index >= 15 is 0 Å². The zero-order valence-corrected chi connectivity index (χ0v) is 19.0. The van der Waals surface area contributed by atoms with E-state index in [1.807, 2.05) is 31.5 Å². The molecular weight excluding hydrogens is 446 g/mol. The SMILES string of the molecule is CCC(=O)Nc1cncc(-c2cnc3[nH]nc(-c4cc5c(-c6ccsc6)cncc5[nH]4)c3c2)c1. The lowest BCUT2D eigenvalue weighted by molar-refractivity contribution is -0.115. The molecular formula is C25H19N7OS. The van der Waals surface area contributed by atoms with Gasteiger partial charge in [0.2, 0.25) is 5.91 Å². The number of hydrogen-bond acceptors (Lipinski definition) is 6. The van der Waals surface area contributed by atoms with Crippen molar-refractivity contribution in [3.8, 4) is 33.6 Å². The van der Waals surface area contributed by atoms with Gasteiger partial charge < -0.3 is 10.3 Å². The number of pyridine rings is 3. The topological polar surface area (TPSA) is 112 Å². The molecule has 3 N–H and O–H groups in total. The summed E-state index contributed by atoms with van der Waals surface area (Å²) in [5, 5.41) is 16.6. The molecule has 6 aromatic heterocycles. The van der Waals surface area contributed by atoms with E-state index in [2.05, 4.69) is 58.3 Å². The molecule has 0 aromatic carbocycles. The van der Waals surface area contributed by atoms with Crippen LogP contribution in [0.2, 0.25) is 0 Å². The predicted octanol–water partition coefficient (Wildman–Crippen LogP) is 5.64. The molecule has 34 heavy (non-hydrogen) atoms. The first-order valence-electron chi connectivity index (χ1n) is 10.8. The summed E-state index contributed by atoms with van der Waals surface area (Å²) in [6.07, 6.45) is 9.29. The Morgan fingerprint density at radius 3 is 2.74 bits per heavy atom. The molecule has 6 aromatic rings. The zero-order valence-electron chi connectivity index (χ0n) is 18.2. The van der Waals surface area contributed by atoms with Crippen LogP contribution in [0.3, 0.4) is 0 Å². The standard InChI is InChI=1S/C25H19N7OS/c1-2-23(33)29-17-5-15(8-26-10-17)16-6-19-24(31-32-25(19)28-9-16)21-7-18-20(14-3-4-34-13-14)11-27-12-22(18)30-21/h3-13,30H,2H2,1H3,(H,29,33)(H,28,31,32). The number of H-pyrrole nitrogens is 2. The second kappa shape index (κ2) is 8.20. The third-order valence-corrected chi connectivity index (χ3v) is 6.41. The highest BCUT2D eigenvalue weighted by Gasteiger charge is 2.15. The summed E-state index contributed by atoms with van der Waals surface area (Å²) in [6.45, 7) is 1.81. The summed E-state index contributed by atoms with van der Waals surface area (Å²) in [5.41, 5.74) is 7.92. The minimum Gasteiger partial charge on any atom is -0.352 e. The summed E-state index contributed by atoms with van der Waals surface area (Å²) in [6, 6.07) is 8.13. The van der Waals surface area contributed by atoms with Gasteiger partial charge in [-0.15, -0.1) is 0 Å². The number of fused-ring (bicyclic) bond motifs is 2. The van der Waals surface area contributed by atoms with Crippen molar-refractivity contribution in [3.63, 3.8) is 0 Å². The van der Waals surface area contributed by atoms with Gasteiger partial charge in [0.05, 0.1) is 29.3 Å². The molecule has 6 rings (SSSR count). The molecule has 1 amide bonds. The van der Waals surface area contributed by atoms with Gasteiger partial charge in [0.15, 0.2) is 5.65 Å². The maximum Gasteiger partial charge on any atom is 0.224 e. The van der Waals surface area contributed by atoms with Crippen LogP contribution in [0.5, 0.6) is 0 Å². The molecule has 0 aliphatic heterocycles. The lowest BCUT2D eigenvalue weighted by Gasteiger charge is -2.06. The van der Waals surface area contributed by atoms with E-state index in [0.717, 1.165) is 49.9 Å². The van der Waals surface area contributed by atoms with E-state index in [0.29, 0.717) is 17.8 Å². The van der Waals surface area contributed by atoms with Crippen molar-refractivity contribution in [2.45, 2.75) is 13.3 Å². The van der Waals surface area contributed by atoms with Crippen LogP contribution in [0.4, 0.5) is 5.69 Å². The largest absolute Gasteiger partial charge is 0.352 e. The van der Waals surface area contributed by atoms with Crippen LogP contribution >= 0.6 is 11.3 Å². The van der Waals surface area contributed by atoms with Crippen LogP contribution in [0, 0.1) is 0 Å². The molecule has 166 valence electrons. The van der Waals surface area contributed by atoms with Crippen molar-refractivity contribution in [3.05, 3.63) is 66.0 Å². The Hall–Kier alpha value is -4.37. The number of rotatable bonds is 5. The molecule has 8 nitrogen and oxygen atoms in total. The highest BCUT2D eigenvalue weighted by atomic mass is 32.1. The van der Waals surface area contributed by atoms with Gasteiger partial charge in [-0.2, -0.15) is 16.4 Å². The van der Waals surface area contributed by atoms with E-state index in [1.165, 1.54) is 0 Å². The fraction of sp³-hybridized carbons (Fsp3) is 0.0800. The van der Waals surface area contributed by atoms with Gasteiger partial charge in [-0.3, -0.25) is 19.9 Å². The molecule has 9 heteroatoms. The number of hydrogen-bond donors (Lipinski definition) is 3. The summed E-state index contributed by atoms with van der Waals surface area (Å²) in [7, 11) is 0. The van der Waals surface area contributed by atoms with Crippen molar-refractivity contribution in [2.75, 3.05) is 5.32 Å². The van der Waals surface area contributed by atoms with Gasteiger partial charge in [0.25, 0.3) is 0 Å². The Bertz CT molecular complexity index is 1650. The highest BCUT2D eigenvalue weighted by Crippen LogP contribution is 2.35. The van der Waals surface area contributed by atoms with Gasteiger partial charge in [0.1, 0.15) is 5.69 Å². The first-order valence-corrected chi connectivity index (χ1v) is 11.7. The van der Waals surface area contributed by atoms with Crippen LogP contribution in [-0.4, -0.2) is 36.0 Å². The quantitative estimate of drug-likeness (QED) is 0.305. The van der Waals surface area contributed by atoms with Crippen LogP contribution < -0.4 is 5.32 Å². The molecule has 0 aliphatic rings. The molecule has 0 radical (unpaired) electrons.